The molecule has 1 aromatic heterocycles. The molecule has 94 valence electrons. The summed E-state index contributed by atoms with van der Waals surface area (Å²) in [4.78, 5) is 13.2. The summed E-state index contributed by atoms with van der Waals surface area (Å²) in [6.07, 6.45) is 3.16. The highest BCUT2D eigenvalue weighted by Crippen LogP contribution is 2.15. The summed E-state index contributed by atoms with van der Waals surface area (Å²) in [6, 6.07) is 3.33. The molecule has 6 heteroatoms. The van der Waals surface area contributed by atoms with E-state index in [1.165, 1.54) is 18.0 Å². The van der Waals surface area contributed by atoms with E-state index in [9.17, 15) is 13.6 Å². The van der Waals surface area contributed by atoms with E-state index in [0.29, 0.717) is 0 Å². The Kier molecular flexibility index (Phi) is 3.36. The quantitative estimate of drug-likeness (QED) is 0.906. The molecule has 1 heterocycles. The van der Waals surface area contributed by atoms with Crippen LogP contribution in [0.5, 0.6) is 0 Å². The Hall–Kier alpha value is -2.24. The molecule has 0 saturated carbocycles. The zero-order valence-corrected chi connectivity index (χ0v) is 9.65. The minimum atomic E-state index is -0.862. The van der Waals surface area contributed by atoms with Crippen molar-refractivity contribution in [2.75, 3.05) is 7.05 Å². The van der Waals surface area contributed by atoms with E-state index in [0.717, 1.165) is 17.7 Å². The van der Waals surface area contributed by atoms with Crippen molar-refractivity contribution in [1.29, 1.82) is 0 Å². The molecule has 2 aromatic rings. The van der Waals surface area contributed by atoms with Crippen molar-refractivity contribution in [1.82, 2.24) is 15.1 Å². The molecule has 0 fully saturated rings. The molecule has 0 bridgehead atoms. The molecule has 0 radical (unpaired) electrons. The largest absolute Gasteiger partial charge is 0.337 e. The number of aromatic amines is 1. The van der Waals surface area contributed by atoms with Gasteiger partial charge in [-0.25, -0.2) is 8.78 Å². The Bertz CT molecular complexity index is 534. The van der Waals surface area contributed by atoms with Crippen molar-refractivity contribution in [3.63, 3.8) is 0 Å². The summed E-state index contributed by atoms with van der Waals surface area (Å²) >= 11 is 0. The fraction of sp³-hybridized carbons (Fsp3) is 0.167. The van der Waals surface area contributed by atoms with Crippen LogP contribution in [0.4, 0.5) is 8.78 Å². The van der Waals surface area contributed by atoms with Crippen LogP contribution >= 0.6 is 0 Å². The number of halogens is 2. The summed E-state index contributed by atoms with van der Waals surface area (Å²) in [6.45, 7) is 0.225. The zero-order chi connectivity index (χ0) is 13.1. The van der Waals surface area contributed by atoms with Gasteiger partial charge in [0.15, 0.2) is 0 Å². The van der Waals surface area contributed by atoms with Crippen LogP contribution in [0.25, 0.3) is 0 Å². The van der Waals surface area contributed by atoms with Crippen LogP contribution in [-0.2, 0) is 6.54 Å². The lowest BCUT2D eigenvalue weighted by molar-refractivity contribution is 0.0775. The van der Waals surface area contributed by atoms with Crippen LogP contribution in [0.3, 0.4) is 0 Å². The number of nitrogens with one attached hydrogen (secondary N) is 1. The molecule has 18 heavy (non-hydrogen) atoms. The number of benzene rings is 1. The Balaban J connectivity index is 2.21. The molecule has 4 nitrogen and oxygen atoms in total. The third-order valence-corrected chi connectivity index (χ3v) is 2.50. The van der Waals surface area contributed by atoms with E-state index < -0.39 is 23.1 Å². The second-order valence-corrected chi connectivity index (χ2v) is 3.86. The molecule has 0 aliphatic heterocycles. The first-order valence-corrected chi connectivity index (χ1v) is 5.26. The standard InChI is InChI=1S/C12H11F2N3O/c1-17(7-8-5-15-16-6-8)12(18)11-9(13)3-2-4-10(11)14/h2-6H,7H2,1H3,(H,15,16). The van der Waals surface area contributed by atoms with Gasteiger partial charge in [0.2, 0.25) is 0 Å². The Morgan fingerprint density at radius 1 is 1.39 bits per heavy atom. The van der Waals surface area contributed by atoms with Crippen molar-refractivity contribution < 1.29 is 13.6 Å². The number of nitrogens with zero attached hydrogens (tertiary/aromatic N) is 2. The molecule has 1 N–H and O–H groups in total. The van der Waals surface area contributed by atoms with E-state index in [4.69, 9.17) is 0 Å². The zero-order valence-electron chi connectivity index (χ0n) is 9.65. The van der Waals surface area contributed by atoms with Gasteiger partial charge in [0.1, 0.15) is 17.2 Å². The third kappa shape index (κ3) is 2.37. The number of hydrogen-bond donors (Lipinski definition) is 1. The van der Waals surface area contributed by atoms with E-state index in [2.05, 4.69) is 10.2 Å². The minimum Gasteiger partial charge on any atom is -0.337 e. The van der Waals surface area contributed by atoms with Gasteiger partial charge in [-0.15, -0.1) is 0 Å². The Morgan fingerprint density at radius 2 is 2.06 bits per heavy atom. The van der Waals surface area contributed by atoms with Crippen LogP contribution < -0.4 is 0 Å². The van der Waals surface area contributed by atoms with Gasteiger partial charge in [0.25, 0.3) is 5.91 Å². The summed E-state index contributed by atoms with van der Waals surface area (Å²) < 4.78 is 26.9. The van der Waals surface area contributed by atoms with Crippen molar-refractivity contribution in [3.05, 3.63) is 53.4 Å². The van der Waals surface area contributed by atoms with Gasteiger partial charge < -0.3 is 4.90 Å². The summed E-state index contributed by atoms with van der Waals surface area (Å²) in [5.41, 5.74) is 0.214. The van der Waals surface area contributed by atoms with Crippen LogP contribution in [-0.4, -0.2) is 28.1 Å². The number of H-pyrrole nitrogens is 1. The molecule has 0 saturated heterocycles. The summed E-state index contributed by atoms with van der Waals surface area (Å²) in [5, 5.41) is 6.33. The molecular weight excluding hydrogens is 240 g/mol. The Labute approximate surface area is 102 Å². The van der Waals surface area contributed by atoms with Crippen molar-refractivity contribution in [2.24, 2.45) is 0 Å². The average Bonchev–Trinajstić information content (AvgIpc) is 2.81. The third-order valence-electron chi connectivity index (χ3n) is 2.50. The van der Waals surface area contributed by atoms with Crippen molar-refractivity contribution >= 4 is 5.91 Å². The minimum absolute atomic E-state index is 0.225. The highest BCUT2D eigenvalue weighted by atomic mass is 19.1. The van der Waals surface area contributed by atoms with Crippen LogP contribution in [0.1, 0.15) is 15.9 Å². The van der Waals surface area contributed by atoms with E-state index in [1.807, 2.05) is 0 Å². The predicted octanol–water partition coefficient (Wildman–Crippen LogP) is 1.96. The summed E-state index contributed by atoms with van der Waals surface area (Å²) in [7, 11) is 1.47. The van der Waals surface area contributed by atoms with Crippen LogP contribution in [0.15, 0.2) is 30.6 Å². The number of aromatic nitrogens is 2. The topological polar surface area (TPSA) is 49.0 Å². The lowest BCUT2D eigenvalue weighted by Gasteiger charge is -2.16. The van der Waals surface area contributed by atoms with Gasteiger partial charge in [-0.1, -0.05) is 6.07 Å². The first-order chi connectivity index (χ1) is 8.59. The van der Waals surface area contributed by atoms with Gasteiger partial charge in [0, 0.05) is 25.4 Å². The first kappa shape index (κ1) is 12.2. The number of carbonyl (C=O) groups is 1. The maximum atomic E-state index is 13.4. The van der Waals surface area contributed by atoms with Gasteiger partial charge in [-0.05, 0) is 12.1 Å². The smallest absolute Gasteiger partial charge is 0.259 e. The molecule has 1 amide bonds. The molecular formula is C12H11F2N3O. The van der Waals surface area contributed by atoms with E-state index in [-0.39, 0.29) is 6.54 Å². The fourth-order valence-electron chi connectivity index (χ4n) is 1.60. The SMILES string of the molecule is CN(Cc1cn[nH]c1)C(=O)c1c(F)cccc1F. The summed E-state index contributed by atoms with van der Waals surface area (Å²) in [5.74, 6) is -2.43. The molecule has 2 rings (SSSR count). The Morgan fingerprint density at radius 3 is 2.61 bits per heavy atom. The molecule has 0 unspecified atom stereocenters. The number of hydrogen-bond acceptors (Lipinski definition) is 2. The predicted molar refractivity (Wildman–Crippen MR) is 60.7 cm³/mol. The monoisotopic (exact) mass is 251 g/mol. The second kappa shape index (κ2) is 4.95. The molecule has 1 aromatic carbocycles. The van der Waals surface area contributed by atoms with Gasteiger partial charge in [-0.2, -0.15) is 5.10 Å². The lowest BCUT2D eigenvalue weighted by Crippen LogP contribution is -2.27. The van der Waals surface area contributed by atoms with Crippen LogP contribution in [0.2, 0.25) is 0 Å². The molecule has 0 atom stereocenters. The fourth-order valence-corrected chi connectivity index (χ4v) is 1.60. The van der Waals surface area contributed by atoms with Gasteiger partial charge in [-0.3, -0.25) is 9.89 Å². The van der Waals surface area contributed by atoms with Crippen molar-refractivity contribution in [2.45, 2.75) is 6.54 Å². The lowest BCUT2D eigenvalue weighted by atomic mass is 10.1. The molecule has 0 aliphatic carbocycles. The maximum Gasteiger partial charge on any atom is 0.259 e. The normalized spacial score (nSPS) is 10.4. The molecule has 0 aliphatic rings. The average molecular weight is 251 g/mol. The maximum absolute atomic E-state index is 13.4. The molecule has 0 spiro atoms. The van der Waals surface area contributed by atoms with Gasteiger partial charge >= 0.3 is 0 Å². The van der Waals surface area contributed by atoms with E-state index >= 15 is 0 Å². The van der Waals surface area contributed by atoms with E-state index in [1.54, 1.807) is 12.4 Å². The highest BCUT2D eigenvalue weighted by molar-refractivity contribution is 5.94. The van der Waals surface area contributed by atoms with Crippen LogP contribution in [0, 0.1) is 11.6 Å². The van der Waals surface area contributed by atoms with Crippen molar-refractivity contribution in [3.8, 4) is 0 Å². The number of rotatable bonds is 3. The highest BCUT2D eigenvalue weighted by Gasteiger charge is 2.20. The first-order valence-electron chi connectivity index (χ1n) is 5.26. The van der Waals surface area contributed by atoms with Gasteiger partial charge in [0.05, 0.1) is 6.20 Å². The second-order valence-electron chi connectivity index (χ2n) is 3.86. The number of carbonyl (C=O) groups excluding carboxylic acids is 1. The number of amides is 1.